The number of hydrogen-bond donors (Lipinski definition) is 2. The molecule has 0 amide bonds. The van der Waals surface area contributed by atoms with Crippen molar-refractivity contribution in [3.63, 3.8) is 0 Å². The average Bonchev–Trinajstić information content (AvgIpc) is 3.12. The molecule has 2 rings (SSSR count). The van der Waals surface area contributed by atoms with Crippen molar-refractivity contribution in [3.8, 4) is 0 Å². The Morgan fingerprint density at radius 1 is 1.47 bits per heavy atom. The Morgan fingerprint density at radius 2 is 2.11 bits per heavy atom. The number of benzene rings is 1. The zero-order valence-electron chi connectivity index (χ0n) is 10.9. The largest absolute Gasteiger partial charge is 0.398 e. The molecule has 0 bridgehead atoms. The zero-order valence-corrected chi connectivity index (χ0v) is 12.5. The maximum Gasteiger partial charge on any atom is 0.243 e. The molecule has 1 aliphatic rings. The maximum atomic E-state index is 13.8. The first-order valence-corrected chi connectivity index (χ1v) is 8.61. The van der Waals surface area contributed by atoms with Gasteiger partial charge in [-0.2, -0.15) is 11.8 Å². The van der Waals surface area contributed by atoms with Crippen LogP contribution in [0.25, 0.3) is 0 Å². The van der Waals surface area contributed by atoms with Crippen molar-refractivity contribution in [3.05, 3.63) is 23.5 Å². The lowest BCUT2D eigenvalue weighted by atomic mass is 10.2. The van der Waals surface area contributed by atoms with Crippen LogP contribution in [-0.2, 0) is 10.0 Å². The monoisotopic (exact) mass is 304 g/mol. The van der Waals surface area contributed by atoms with Gasteiger partial charge < -0.3 is 5.73 Å². The molecule has 0 unspecified atom stereocenters. The first kappa shape index (κ1) is 14.6. The third kappa shape index (κ3) is 3.04. The van der Waals surface area contributed by atoms with Gasteiger partial charge in [0, 0.05) is 17.0 Å². The SMILES string of the molecule is CSC1(CNS(=O)(=O)c2cc(N)c(C)cc2F)CC1. The van der Waals surface area contributed by atoms with Crippen LogP contribution in [0.2, 0.25) is 0 Å². The Bertz CT molecular complexity index is 598. The molecule has 1 fully saturated rings. The smallest absolute Gasteiger partial charge is 0.243 e. The van der Waals surface area contributed by atoms with E-state index in [0.717, 1.165) is 18.9 Å². The molecule has 0 atom stereocenters. The molecule has 0 radical (unpaired) electrons. The van der Waals surface area contributed by atoms with Gasteiger partial charge in [0.25, 0.3) is 0 Å². The molecular weight excluding hydrogens is 287 g/mol. The summed E-state index contributed by atoms with van der Waals surface area (Å²) >= 11 is 1.64. The van der Waals surface area contributed by atoms with Crippen molar-refractivity contribution in [2.45, 2.75) is 29.4 Å². The van der Waals surface area contributed by atoms with Crippen LogP contribution in [0.5, 0.6) is 0 Å². The second-order valence-electron chi connectivity index (χ2n) is 4.85. The van der Waals surface area contributed by atoms with E-state index in [1.807, 2.05) is 6.26 Å². The van der Waals surface area contributed by atoms with Gasteiger partial charge in [0.2, 0.25) is 10.0 Å². The summed E-state index contributed by atoms with van der Waals surface area (Å²) in [6, 6.07) is 2.32. The van der Waals surface area contributed by atoms with Gasteiger partial charge in [0.1, 0.15) is 10.7 Å². The van der Waals surface area contributed by atoms with E-state index in [4.69, 9.17) is 5.73 Å². The fourth-order valence-electron chi connectivity index (χ4n) is 1.77. The van der Waals surface area contributed by atoms with Crippen molar-refractivity contribution in [1.29, 1.82) is 0 Å². The minimum absolute atomic E-state index is 0.0141. The van der Waals surface area contributed by atoms with Gasteiger partial charge in [0.15, 0.2) is 0 Å². The Balaban J connectivity index is 2.22. The van der Waals surface area contributed by atoms with Crippen molar-refractivity contribution < 1.29 is 12.8 Å². The number of nitrogens with one attached hydrogen (secondary N) is 1. The van der Waals surface area contributed by atoms with E-state index >= 15 is 0 Å². The van der Waals surface area contributed by atoms with Crippen LogP contribution < -0.4 is 10.5 Å². The van der Waals surface area contributed by atoms with Gasteiger partial charge in [-0.1, -0.05) is 0 Å². The summed E-state index contributed by atoms with van der Waals surface area (Å²) in [6.45, 7) is 1.96. The molecule has 0 spiro atoms. The second kappa shape index (κ2) is 4.96. The summed E-state index contributed by atoms with van der Waals surface area (Å²) in [7, 11) is -3.85. The van der Waals surface area contributed by atoms with E-state index in [2.05, 4.69) is 4.72 Å². The fraction of sp³-hybridized carbons (Fsp3) is 0.500. The minimum Gasteiger partial charge on any atom is -0.398 e. The Morgan fingerprint density at radius 3 is 2.63 bits per heavy atom. The predicted octanol–water partition coefficient (Wildman–Crippen LogP) is 1.89. The number of rotatable bonds is 5. The van der Waals surface area contributed by atoms with Gasteiger partial charge in [-0.05, 0) is 43.7 Å². The van der Waals surface area contributed by atoms with Crippen LogP contribution in [0.4, 0.5) is 10.1 Å². The van der Waals surface area contributed by atoms with E-state index in [1.54, 1.807) is 18.7 Å². The highest BCUT2D eigenvalue weighted by molar-refractivity contribution is 8.00. The van der Waals surface area contributed by atoms with Crippen LogP contribution >= 0.6 is 11.8 Å². The molecule has 4 nitrogen and oxygen atoms in total. The molecule has 1 saturated carbocycles. The number of nitrogen functional groups attached to an aromatic ring is 1. The highest BCUT2D eigenvalue weighted by Crippen LogP contribution is 2.46. The molecule has 1 aliphatic carbocycles. The molecule has 19 heavy (non-hydrogen) atoms. The van der Waals surface area contributed by atoms with Crippen LogP contribution in [-0.4, -0.2) is 26.0 Å². The normalized spacial score (nSPS) is 17.4. The molecule has 0 aliphatic heterocycles. The number of nitrogens with two attached hydrogens (primary N) is 1. The number of anilines is 1. The van der Waals surface area contributed by atoms with E-state index in [9.17, 15) is 12.8 Å². The van der Waals surface area contributed by atoms with Gasteiger partial charge in [-0.25, -0.2) is 17.5 Å². The second-order valence-corrected chi connectivity index (χ2v) is 7.86. The third-order valence-electron chi connectivity index (χ3n) is 3.44. The molecule has 1 aromatic carbocycles. The summed E-state index contributed by atoms with van der Waals surface area (Å²) in [5, 5.41) is 0. The first-order chi connectivity index (χ1) is 8.80. The van der Waals surface area contributed by atoms with Gasteiger partial charge in [0.05, 0.1) is 0 Å². The lowest BCUT2D eigenvalue weighted by molar-refractivity contribution is 0.555. The Hall–Kier alpha value is -0.790. The predicted molar refractivity (Wildman–Crippen MR) is 76.2 cm³/mol. The molecule has 0 heterocycles. The standard InChI is InChI=1S/C12H17FN2O2S2/c1-8-5-9(13)11(6-10(8)14)19(16,17)15-7-12(18-2)3-4-12/h5-6,15H,3-4,7,14H2,1-2H3. The topological polar surface area (TPSA) is 72.2 Å². The van der Waals surface area contributed by atoms with Crippen LogP contribution in [0.15, 0.2) is 17.0 Å². The summed E-state index contributed by atoms with van der Waals surface area (Å²) in [5.74, 6) is -0.770. The molecular formula is C12H17FN2O2S2. The number of halogens is 1. The van der Waals surface area contributed by atoms with Gasteiger partial charge in [-0.3, -0.25) is 0 Å². The molecule has 0 aromatic heterocycles. The van der Waals surface area contributed by atoms with E-state index in [-0.39, 0.29) is 15.3 Å². The highest BCUT2D eigenvalue weighted by Gasteiger charge is 2.42. The average molecular weight is 304 g/mol. The molecule has 7 heteroatoms. The summed E-state index contributed by atoms with van der Waals surface area (Å²) in [6.07, 6.45) is 3.91. The third-order valence-corrected chi connectivity index (χ3v) is 6.27. The van der Waals surface area contributed by atoms with Crippen molar-refractivity contribution in [2.75, 3.05) is 18.5 Å². The van der Waals surface area contributed by atoms with Crippen LogP contribution in [0, 0.1) is 12.7 Å². The lowest BCUT2D eigenvalue weighted by Crippen LogP contribution is -2.32. The maximum absolute atomic E-state index is 13.8. The van der Waals surface area contributed by atoms with E-state index < -0.39 is 15.8 Å². The fourth-order valence-corrected chi connectivity index (χ4v) is 3.81. The Kier molecular flexibility index (Phi) is 3.81. The number of thioether (sulfide) groups is 1. The van der Waals surface area contributed by atoms with Crippen molar-refractivity contribution >= 4 is 27.5 Å². The summed E-state index contributed by atoms with van der Waals surface area (Å²) < 4.78 is 40.4. The number of hydrogen-bond acceptors (Lipinski definition) is 4. The summed E-state index contributed by atoms with van der Waals surface area (Å²) in [5.41, 5.74) is 6.44. The lowest BCUT2D eigenvalue weighted by Gasteiger charge is -2.14. The first-order valence-electron chi connectivity index (χ1n) is 5.90. The van der Waals surface area contributed by atoms with Gasteiger partial charge in [-0.15, -0.1) is 0 Å². The Labute approximate surface area is 117 Å². The van der Waals surface area contributed by atoms with Crippen LogP contribution in [0.1, 0.15) is 18.4 Å². The zero-order chi connectivity index (χ0) is 14.3. The molecule has 106 valence electrons. The molecule has 0 saturated heterocycles. The summed E-state index contributed by atoms with van der Waals surface area (Å²) in [4.78, 5) is -0.382. The number of aryl methyl sites for hydroxylation is 1. The highest BCUT2D eigenvalue weighted by atomic mass is 32.2. The number of sulfonamides is 1. The van der Waals surface area contributed by atoms with Crippen molar-refractivity contribution in [2.24, 2.45) is 0 Å². The van der Waals surface area contributed by atoms with Crippen LogP contribution in [0.3, 0.4) is 0 Å². The van der Waals surface area contributed by atoms with Gasteiger partial charge >= 0.3 is 0 Å². The minimum atomic E-state index is -3.85. The molecule has 1 aromatic rings. The van der Waals surface area contributed by atoms with E-state index in [1.165, 1.54) is 6.07 Å². The van der Waals surface area contributed by atoms with Crippen molar-refractivity contribution in [1.82, 2.24) is 4.72 Å². The quantitative estimate of drug-likeness (QED) is 0.815. The van der Waals surface area contributed by atoms with E-state index in [0.29, 0.717) is 12.1 Å². The molecule has 3 N–H and O–H groups in total.